The van der Waals surface area contributed by atoms with Gasteiger partial charge in [0.1, 0.15) is 11.5 Å². The Hall–Kier alpha value is -2.57. The van der Waals surface area contributed by atoms with Crippen molar-refractivity contribution in [3.05, 3.63) is 62.5 Å². The highest BCUT2D eigenvalue weighted by atomic mass is 79.9. The van der Waals surface area contributed by atoms with Gasteiger partial charge in [0.05, 0.1) is 10.7 Å². The SMILES string of the molecule is CSc1nccnc1OCC(=O)N1CCC(c2nc(C3=NOC(c4c(F)cccc4Br)C3)cs2)CC1. The lowest BCUT2D eigenvalue weighted by molar-refractivity contribution is -0.134. The number of likely N-dealkylation sites (tertiary alicyclic amines) is 1. The van der Waals surface area contributed by atoms with Crippen LogP contribution in [0.1, 0.15) is 47.5 Å². The Morgan fingerprint density at radius 3 is 2.89 bits per heavy atom. The topological polar surface area (TPSA) is 89.8 Å². The number of thioether (sulfide) groups is 1. The summed E-state index contributed by atoms with van der Waals surface area (Å²) in [5.41, 5.74) is 1.96. The normalized spacial score (nSPS) is 18.1. The van der Waals surface area contributed by atoms with Gasteiger partial charge in [-0.05, 0) is 31.2 Å². The quantitative estimate of drug-likeness (QED) is 0.348. The third-order valence-corrected chi connectivity index (χ3v) is 8.53. The van der Waals surface area contributed by atoms with E-state index in [1.807, 2.05) is 16.5 Å². The molecule has 2 aliphatic heterocycles. The molecular weight excluding hydrogens is 569 g/mol. The largest absolute Gasteiger partial charge is 0.466 e. The van der Waals surface area contributed by atoms with Gasteiger partial charge in [0.15, 0.2) is 17.7 Å². The summed E-state index contributed by atoms with van der Waals surface area (Å²) in [6.45, 7) is 1.23. The number of piperidine rings is 1. The van der Waals surface area contributed by atoms with E-state index in [1.54, 1.807) is 35.9 Å². The van der Waals surface area contributed by atoms with E-state index in [4.69, 9.17) is 14.6 Å². The summed E-state index contributed by atoms with van der Waals surface area (Å²) < 4.78 is 20.6. The molecule has 188 valence electrons. The molecule has 1 amide bonds. The number of thiazole rings is 1. The molecule has 0 saturated carbocycles. The van der Waals surface area contributed by atoms with E-state index in [-0.39, 0.29) is 24.2 Å². The summed E-state index contributed by atoms with van der Waals surface area (Å²) in [6, 6.07) is 4.86. The number of nitrogens with zero attached hydrogens (tertiary/aromatic N) is 5. The zero-order valence-corrected chi connectivity index (χ0v) is 22.6. The second-order valence-electron chi connectivity index (χ2n) is 8.36. The second-order valence-corrected chi connectivity index (χ2v) is 10.9. The summed E-state index contributed by atoms with van der Waals surface area (Å²) in [6.07, 6.45) is 6.67. The molecule has 1 atom stereocenters. The molecule has 0 spiro atoms. The van der Waals surface area contributed by atoms with Crippen molar-refractivity contribution in [1.29, 1.82) is 0 Å². The van der Waals surface area contributed by atoms with E-state index < -0.39 is 6.10 Å². The summed E-state index contributed by atoms with van der Waals surface area (Å²) >= 11 is 6.42. The molecule has 2 aliphatic rings. The van der Waals surface area contributed by atoms with Gasteiger partial charge in [-0.15, -0.1) is 23.1 Å². The van der Waals surface area contributed by atoms with Crippen LogP contribution in [0.5, 0.6) is 5.88 Å². The van der Waals surface area contributed by atoms with E-state index in [0.29, 0.717) is 40.5 Å². The maximum absolute atomic E-state index is 14.3. The molecule has 8 nitrogen and oxygen atoms in total. The first-order valence-electron chi connectivity index (χ1n) is 11.4. The Bertz CT molecular complexity index is 1260. The van der Waals surface area contributed by atoms with Gasteiger partial charge in [-0.2, -0.15) is 0 Å². The number of carbonyl (C=O) groups excluding carboxylic acids is 1. The summed E-state index contributed by atoms with van der Waals surface area (Å²) in [7, 11) is 0. The molecule has 36 heavy (non-hydrogen) atoms. The smallest absolute Gasteiger partial charge is 0.260 e. The minimum absolute atomic E-state index is 0.0581. The van der Waals surface area contributed by atoms with Gasteiger partial charge in [-0.1, -0.05) is 27.2 Å². The van der Waals surface area contributed by atoms with E-state index >= 15 is 0 Å². The third-order valence-electron chi connectivity index (χ3n) is 6.16. The number of rotatable bonds is 7. The highest BCUT2D eigenvalue weighted by Crippen LogP contribution is 2.37. The molecule has 4 heterocycles. The summed E-state index contributed by atoms with van der Waals surface area (Å²) in [5.74, 6) is 0.273. The predicted molar refractivity (Wildman–Crippen MR) is 139 cm³/mol. The molecule has 1 aromatic carbocycles. The molecule has 1 unspecified atom stereocenters. The van der Waals surface area contributed by atoms with Crippen molar-refractivity contribution in [2.75, 3.05) is 26.0 Å². The average Bonchev–Trinajstić information content (AvgIpc) is 3.58. The van der Waals surface area contributed by atoms with Crippen LogP contribution >= 0.6 is 39.0 Å². The lowest BCUT2D eigenvalue weighted by atomic mass is 9.97. The van der Waals surface area contributed by atoms with Gasteiger partial charge < -0.3 is 14.5 Å². The molecule has 0 radical (unpaired) electrons. The number of carbonyl (C=O) groups is 1. The standard InChI is InChI=1S/C24H23BrFN5O3S2/c1-35-24-22(27-7-8-28-24)33-12-20(32)31-9-5-14(6-10-31)23-29-18(13-36-23)17-11-19(34-30-17)21-15(25)3-2-4-16(21)26/h2-4,7-8,13-14,19H,5-6,9-12H2,1H3. The van der Waals surface area contributed by atoms with Gasteiger partial charge in [-0.25, -0.2) is 19.3 Å². The summed E-state index contributed by atoms with van der Waals surface area (Å²) in [5, 5.41) is 7.86. The van der Waals surface area contributed by atoms with Crippen LogP contribution in [-0.4, -0.2) is 57.4 Å². The monoisotopic (exact) mass is 591 g/mol. The van der Waals surface area contributed by atoms with Crippen LogP contribution in [0.2, 0.25) is 0 Å². The van der Waals surface area contributed by atoms with Crippen molar-refractivity contribution >= 4 is 50.6 Å². The highest BCUT2D eigenvalue weighted by Gasteiger charge is 2.31. The third kappa shape index (κ3) is 5.40. The fraction of sp³-hybridized carbons (Fsp3) is 0.375. The number of amides is 1. The van der Waals surface area contributed by atoms with Gasteiger partial charge in [0.2, 0.25) is 5.88 Å². The number of hydrogen-bond donors (Lipinski definition) is 0. The number of oxime groups is 1. The first-order chi connectivity index (χ1) is 17.5. The fourth-order valence-corrected chi connectivity index (χ4v) is 6.31. The van der Waals surface area contributed by atoms with Crippen LogP contribution in [0.3, 0.4) is 0 Å². The number of benzene rings is 1. The van der Waals surface area contributed by atoms with E-state index in [2.05, 4.69) is 31.1 Å². The Morgan fingerprint density at radius 2 is 2.11 bits per heavy atom. The van der Waals surface area contributed by atoms with Crippen molar-refractivity contribution < 1.29 is 18.8 Å². The molecular formula is C24H23BrFN5O3S2. The first kappa shape index (κ1) is 25.1. The zero-order valence-electron chi connectivity index (χ0n) is 19.4. The molecule has 5 rings (SSSR count). The van der Waals surface area contributed by atoms with Gasteiger partial charge in [-0.3, -0.25) is 4.79 Å². The molecule has 0 aliphatic carbocycles. The Labute approximate surface area is 224 Å². The van der Waals surface area contributed by atoms with E-state index in [0.717, 1.165) is 29.3 Å². The van der Waals surface area contributed by atoms with Crippen LogP contribution in [0.15, 0.2) is 50.6 Å². The van der Waals surface area contributed by atoms with E-state index in [9.17, 15) is 9.18 Å². The highest BCUT2D eigenvalue weighted by molar-refractivity contribution is 9.10. The minimum Gasteiger partial charge on any atom is -0.466 e. The molecule has 3 aromatic rings. The number of halogens is 2. The predicted octanol–water partition coefficient (Wildman–Crippen LogP) is 5.21. The van der Waals surface area contributed by atoms with Gasteiger partial charge >= 0.3 is 0 Å². The van der Waals surface area contributed by atoms with Crippen LogP contribution in [0.25, 0.3) is 0 Å². The zero-order chi connectivity index (χ0) is 25.1. The van der Waals surface area contributed by atoms with Crippen molar-refractivity contribution in [1.82, 2.24) is 19.9 Å². The van der Waals surface area contributed by atoms with Gasteiger partial charge in [0.25, 0.3) is 5.91 Å². The molecule has 2 aromatic heterocycles. The maximum atomic E-state index is 14.3. The number of aromatic nitrogens is 3. The van der Waals surface area contributed by atoms with Crippen molar-refractivity contribution in [3.8, 4) is 5.88 Å². The Kier molecular flexibility index (Phi) is 7.82. The minimum atomic E-state index is -0.480. The van der Waals surface area contributed by atoms with Crippen LogP contribution < -0.4 is 4.74 Å². The van der Waals surface area contributed by atoms with Crippen LogP contribution in [0.4, 0.5) is 4.39 Å². The van der Waals surface area contributed by atoms with Gasteiger partial charge in [0, 0.05) is 53.2 Å². The molecule has 12 heteroatoms. The maximum Gasteiger partial charge on any atom is 0.260 e. The lowest BCUT2D eigenvalue weighted by Crippen LogP contribution is -2.40. The molecule has 1 fully saturated rings. The van der Waals surface area contributed by atoms with Crippen LogP contribution in [-0.2, 0) is 9.63 Å². The molecule has 0 bridgehead atoms. The van der Waals surface area contributed by atoms with Crippen molar-refractivity contribution in [3.63, 3.8) is 0 Å². The van der Waals surface area contributed by atoms with Crippen molar-refractivity contribution in [2.45, 2.75) is 36.3 Å². The van der Waals surface area contributed by atoms with Crippen molar-refractivity contribution in [2.24, 2.45) is 5.16 Å². The lowest BCUT2D eigenvalue weighted by Gasteiger charge is -2.31. The first-order valence-corrected chi connectivity index (χ1v) is 14.3. The Morgan fingerprint density at radius 1 is 1.31 bits per heavy atom. The molecule has 0 N–H and O–H groups in total. The molecule has 1 saturated heterocycles. The number of ether oxygens (including phenoxy) is 1. The second kappa shape index (κ2) is 11.2. The Balaban J connectivity index is 1.14. The van der Waals surface area contributed by atoms with Crippen LogP contribution in [0, 0.1) is 5.82 Å². The fourth-order valence-electron chi connectivity index (χ4n) is 4.26. The van der Waals surface area contributed by atoms with E-state index in [1.165, 1.54) is 17.8 Å². The average molecular weight is 593 g/mol. The number of hydrogen-bond acceptors (Lipinski definition) is 9. The summed E-state index contributed by atoms with van der Waals surface area (Å²) in [4.78, 5) is 33.2.